The number of ether oxygens (including phenoxy) is 1. The summed E-state index contributed by atoms with van der Waals surface area (Å²) in [6, 6.07) is 3.17. The minimum atomic E-state index is -0.945. The molecule has 0 bridgehead atoms. The van der Waals surface area contributed by atoms with E-state index in [-0.39, 0.29) is 5.56 Å². The number of carbonyl (C=O) groups is 1. The highest BCUT2D eigenvalue weighted by molar-refractivity contribution is 9.10. The summed E-state index contributed by atoms with van der Waals surface area (Å²) >= 11 is 3.30. The number of nitrogen functional groups attached to an aromatic ring is 1. The lowest BCUT2D eigenvalue weighted by atomic mass is 10.1. The highest BCUT2D eigenvalue weighted by atomic mass is 79.9. The third kappa shape index (κ3) is 3.01. The minimum absolute atomic E-state index is 0.249. The minimum Gasteiger partial charge on any atom is -0.478 e. The predicted molar refractivity (Wildman–Crippen MR) is 71.6 cm³/mol. The van der Waals surface area contributed by atoms with Crippen LogP contribution in [0.5, 0.6) is 0 Å². The molecule has 0 aromatic heterocycles. The first-order valence-corrected chi connectivity index (χ1v) is 6.48. The van der Waals surface area contributed by atoms with E-state index in [0.29, 0.717) is 29.9 Å². The number of nitrogens with two attached hydrogens (primary N) is 1. The molecule has 1 aromatic carbocycles. The molecular weight excluding hydrogens is 300 g/mol. The van der Waals surface area contributed by atoms with Crippen molar-refractivity contribution in [2.45, 2.75) is 6.54 Å². The van der Waals surface area contributed by atoms with Gasteiger partial charge in [-0.15, -0.1) is 0 Å². The van der Waals surface area contributed by atoms with Gasteiger partial charge in [0.1, 0.15) is 0 Å². The fourth-order valence-electron chi connectivity index (χ4n) is 1.93. The Bertz CT molecular complexity index is 459. The first kappa shape index (κ1) is 13.3. The van der Waals surface area contributed by atoms with Crippen LogP contribution >= 0.6 is 15.9 Å². The van der Waals surface area contributed by atoms with Crippen molar-refractivity contribution in [3.63, 3.8) is 0 Å². The third-order valence-corrected chi connectivity index (χ3v) is 3.62. The van der Waals surface area contributed by atoms with E-state index in [9.17, 15) is 4.79 Å². The van der Waals surface area contributed by atoms with Crippen LogP contribution in [0, 0.1) is 0 Å². The lowest BCUT2D eigenvalue weighted by Gasteiger charge is -2.27. The van der Waals surface area contributed by atoms with Gasteiger partial charge in [0.25, 0.3) is 0 Å². The molecule has 18 heavy (non-hydrogen) atoms. The van der Waals surface area contributed by atoms with Gasteiger partial charge in [-0.1, -0.05) is 0 Å². The fraction of sp³-hybridized carbons (Fsp3) is 0.417. The van der Waals surface area contributed by atoms with Crippen LogP contribution in [0.2, 0.25) is 0 Å². The molecule has 0 amide bonds. The molecule has 0 atom stereocenters. The molecule has 1 fully saturated rings. The maximum atomic E-state index is 11.0. The van der Waals surface area contributed by atoms with E-state index in [4.69, 9.17) is 15.6 Å². The van der Waals surface area contributed by atoms with Crippen molar-refractivity contribution in [3.8, 4) is 0 Å². The van der Waals surface area contributed by atoms with Crippen LogP contribution in [0.1, 0.15) is 15.9 Å². The second kappa shape index (κ2) is 5.69. The number of morpholine rings is 1. The Balaban J connectivity index is 2.22. The Kier molecular flexibility index (Phi) is 4.21. The van der Waals surface area contributed by atoms with Crippen molar-refractivity contribution in [2.24, 2.45) is 0 Å². The van der Waals surface area contributed by atoms with Crippen LogP contribution < -0.4 is 5.73 Å². The lowest BCUT2D eigenvalue weighted by molar-refractivity contribution is 0.0342. The van der Waals surface area contributed by atoms with E-state index in [1.54, 1.807) is 6.07 Å². The van der Waals surface area contributed by atoms with Gasteiger partial charge >= 0.3 is 5.97 Å². The second-order valence-corrected chi connectivity index (χ2v) is 5.08. The van der Waals surface area contributed by atoms with Gasteiger partial charge in [0.05, 0.1) is 24.5 Å². The molecule has 6 heteroatoms. The number of hydrogen-bond acceptors (Lipinski definition) is 4. The van der Waals surface area contributed by atoms with E-state index < -0.39 is 5.97 Å². The highest BCUT2D eigenvalue weighted by Crippen LogP contribution is 2.27. The van der Waals surface area contributed by atoms with Gasteiger partial charge in [-0.3, -0.25) is 4.90 Å². The van der Waals surface area contributed by atoms with Crippen LogP contribution in [-0.2, 0) is 11.3 Å². The average Bonchev–Trinajstić information content (AvgIpc) is 2.35. The standard InChI is InChI=1S/C12H15BrN2O3/c13-10-6-8(12(16)17)5-9(11(10)14)7-15-1-3-18-4-2-15/h5-6H,1-4,7,14H2,(H,16,17). The number of halogens is 1. The Morgan fingerprint density at radius 1 is 1.44 bits per heavy atom. The fourth-order valence-corrected chi connectivity index (χ4v) is 2.43. The SMILES string of the molecule is Nc1c(Br)cc(C(=O)O)cc1CN1CCOCC1. The quantitative estimate of drug-likeness (QED) is 0.828. The number of carboxylic acid groups (broad SMARTS) is 1. The van der Waals surface area contributed by atoms with E-state index in [0.717, 1.165) is 18.7 Å². The molecule has 98 valence electrons. The van der Waals surface area contributed by atoms with E-state index in [1.165, 1.54) is 6.07 Å². The summed E-state index contributed by atoms with van der Waals surface area (Å²) in [6.07, 6.45) is 0. The average molecular weight is 315 g/mol. The topological polar surface area (TPSA) is 75.8 Å². The number of anilines is 1. The van der Waals surface area contributed by atoms with Crippen molar-refractivity contribution in [1.29, 1.82) is 0 Å². The molecule has 0 saturated carbocycles. The Morgan fingerprint density at radius 3 is 2.72 bits per heavy atom. The molecule has 1 aliphatic heterocycles. The summed E-state index contributed by atoms with van der Waals surface area (Å²) in [7, 11) is 0. The molecule has 1 aliphatic rings. The van der Waals surface area contributed by atoms with Crippen molar-refractivity contribution in [1.82, 2.24) is 4.90 Å². The maximum Gasteiger partial charge on any atom is 0.335 e. The van der Waals surface area contributed by atoms with Crippen LogP contribution in [0.15, 0.2) is 16.6 Å². The van der Waals surface area contributed by atoms with Crippen molar-refractivity contribution >= 4 is 27.6 Å². The summed E-state index contributed by atoms with van der Waals surface area (Å²) in [6.45, 7) is 3.75. The van der Waals surface area contributed by atoms with E-state index in [1.807, 2.05) is 0 Å². The van der Waals surface area contributed by atoms with Gasteiger partial charge in [0.15, 0.2) is 0 Å². The number of aromatic carboxylic acids is 1. The normalized spacial score (nSPS) is 16.7. The molecule has 0 radical (unpaired) electrons. The van der Waals surface area contributed by atoms with E-state index in [2.05, 4.69) is 20.8 Å². The van der Waals surface area contributed by atoms with Crippen LogP contribution in [0.25, 0.3) is 0 Å². The van der Waals surface area contributed by atoms with Gasteiger partial charge in [0.2, 0.25) is 0 Å². The van der Waals surface area contributed by atoms with Gasteiger partial charge in [-0.2, -0.15) is 0 Å². The molecule has 1 heterocycles. The smallest absolute Gasteiger partial charge is 0.335 e. The zero-order valence-electron chi connectivity index (χ0n) is 9.86. The van der Waals surface area contributed by atoms with Crippen LogP contribution in [0.3, 0.4) is 0 Å². The molecule has 5 nitrogen and oxygen atoms in total. The summed E-state index contributed by atoms with van der Waals surface area (Å²) < 4.78 is 5.91. The summed E-state index contributed by atoms with van der Waals surface area (Å²) in [5, 5.41) is 9.04. The first-order chi connectivity index (χ1) is 8.58. The van der Waals surface area contributed by atoms with Gasteiger partial charge in [-0.25, -0.2) is 4.79 Å². The first-order valence-electron chi connectivity index (χ1n) is 5.69. The Labute approximate surface area is 114 Å². The summed E-state index contributed by atoms with van der Waals surface area (Å²) in [5.41, 5.74) is 7.66. The molecule has 0 aliphatic carbocycles. The third-order valence-electron chi connectivity index (χ3n) is 2.96. The second-order valence-electron chi connectivity index (χ2n) is 4.22. The molecule has 0 unspecified atom stereocenters. The predicted octanol–water partition coefficient (Wildman–Crippen LogP) is 1.56. The van der Waals surface area contributed by atoms with Crippen molar-refractivity contribution in [2.75, 3.05) is 32.0 Å². The van der Waals surface area contributed by atoms with Crippen molar-refractivity contribution in [3.05, 3.63) is 27.7 Å². The number of benzene rings is 1. The summed E-state index contributed by atoms with van der Waals surface area (Å²) in [5.74, 6) is -0.945. The molecule has 0 spiro atoms. The van der Waals surface area contributed by atoms with Crippen molar-refractivity contribution < 1.29 is 14.6 Å². The molecule has 2 rings (SSSR count). The largest absolute Gasteiger partial charge is 0.478 e. The number of hydrogen-bond donors (Lipinski definition) is 2. The zero-order chi connectivity index (χ0) is 13.1. The van der Waals surface area contributed by atoms with Gasteiger partial charge in [0, 0.05) is 24.1 Å². The maximum absolute atomic E-state index is 11.0. The molecule has 1 aromatic rings. The van der Waals surface area contributed by atoms with Gasteiger partial charge in [-0.05, 0) is 33.6 Å². The molecule has 3 N–H and O–H groups in total. The molecular formula is C12H15BrN2O3. The molecule has 1 saturated heterocycles. The number of nitrogens with zero attached hydrogens (tertiary/aromatic N) is 1. The monoisotopic (exact) mass is 314 g/mol. The Morgan fingerprint density at radius 2 is 2.11 bits per heavy atom. The van der Waals surface area contributed by atoms with Gasteiger partial charge < -0.3 is 15.6 Å². The zero-order valence-corrected chi connectivity index (χ0v) is 11.4. The van der Waals surface area contributed by atoms with E-state index >= 15 is 0 Å². The summed E-state index contributed by atoms with van der Waals surface area (Å²) in [4.78, 5) is 13.2. The highest BCUT2D eigenvalue weighted by Gasteiger charge is 2.15. The Hall–Kier alpha value is -1.11. The number of rotatable bonds is 3. The number of carboxylic acids is 1. The van der Waals surface area contributed by atoms with Crippen LogP contribution in [-0.4, -0.2) is 42.3 Å². The van der Waals surface area contributed by atoms with Crippen LogP contribution in [0.4, 0.5) is 5.69 Å². The lowest BCUT2D eigenvalue weighted by Crippen LogP contribution is -2.35.